The Morgan fingerprint density at radius 2 is 0.455 bits per heavy atom. The van der Waals surface area contributed by atoms with Crippen molar-refractivity contribution in [2.75, 3.05) is 0 Å². The van der Waals surface area contributed by atoms with Crippen LogP contribution in [0.25, 0.3) is 0 Å². The molecule has 38 heteroatoms. The van der Waals surface area contributed by atoms with Crippen LogP contribution in [0.15, 0.2) is 24.2 Å². The van der Waals surface area contributed by atoms with Crippen molar-refractivity contribution in [1.82, 2.24) is 0 Å². The summed E-state index contributed by atoms with van der Waals surface area (Å²) < 4.78 is 430. The van der Waals surface area contributed by atoms with Crippen LogP contribution in [0.4, 0.5) is 140 Å². The Kier molecular flexibility index (Phi) is 13.7. The van der Waals surface area contributed by atoms with Gasteiger partial charge in [-0.3, -0.25) is 18.9 Å². The topological polar surface area (TPSA) is 55.4 Å². The molecule has 0 aliphatic rings. The van der Waals surface area contributed by atoms with E-state index in [4.69, 9.17) is 0 Å². The summed E-state index contributed by atoms with van der Waals surface area (Å²) in [5.74, 6) is -26.1. The van der Waals surface area contributed by atoms with Crippen molar-refractivity contribution in [2.45, 2.75) is 78.9 Å². The lowest BCUT2D eigenvalue weighted by molar-refractivity contribution is -0.612. The van der Waals surface area contributed by atoms with Gasteiger partial charge in [0.15, 0.2) is 0 Å². The monoisotopic (exact) mass is 908 g/mol. The standard InChI is InChI=1S/C17F32O6/c18-1(19)3(22)50-12(38,39)5(24,8(26,27)28)52-14(42,43)16(46,47)54-7(10(32,33)34,11(35,36)37)55-17(48,49)15(44,45)53-6(25,9(29,30)31)13(40,41)51-4(23)2(20)21. The van der Waals surface area contributed by atoms with Crippen molar-refractivity contribution in [2.24, 2.45) is 0 Å². The van der Waals surface area contributed by atoms with Gasteiger partial charge in [-0.15, -0.1) is 0 Å². The summed E-state index contributed by atoms with van der Waals surface area (Å²) in [6, 6.07) is -9.00. The third kappa shape index (κ3) is 9.80. The number of hydrogen-bond acceptors (Lipinski definition) is 6. The molecule has 0 radical (unpaired) electrons. The molecule has 6 nitrogen and oxygen atoms in total. The van der Waals surface area contributed by atoms with Gasteiger partial charge in [0.25, 0.3) is 0 Å². The summed E-state index contributed by atoms with van der Waals surface area (Å²) in [6.07, 6.45) is -95.4. The van der Waals surface area contributed by atoms with Crippen LogP contribution in [0.2, 0.25) is 0 Å². The van der Waals surface area contributed by atoms with Crippen molar-refractivity contribution in [1.29, 1.82) is 0 Å². The van der Waals surface area contributed by atoms with E-state index in [1.807, 2.05) is 0 Å². The predicted molar refractivity (Wildman–Crippen MR) is 91.5 cm³/mol. The van der Waals surface area contributed by atoms with E-state index in [0.29, 0.717) is 0 Å². The average Bonchev–Trinajstić information content (AvgIpc) is 2.88. The second-order valence-electron chi connectivity index (χ2n) is 8.58. The second-order valence-corrected chi connectivity index (χ2v) is 8.58. The Bertz CT molecular complexity index is 1310. The minimum Gasteiger partial charge on any atom is -0.398 e. The molecule has 0 fully saturated rings. The molecule has 2 atom stereocenters. The number of alkyl halides is 26. The summed E-state index contributed by atoms with van der Waals surface area (Å²) in [6.45, 7) is 0. The highest BCUT2D eigenvalue weighted by Crippen LogP contribution is 2.59. The molecule has 328 valence electrons. The van der Waals surface area contributed by atoms with Crippen LogP contribution in [0.3, 0.4) is 0 Å². The first-order chi connectivity index (χ1) is 23.5. The Labute approximate surface area is 273 Å². The van der Waals surface area contributed by atoms with Crippen molar-refractivity contribution in [3.05, 3.63) is 24.2 Å². The molecule has 0 aromatic rings. The maximum absolute atomic E-state index is 14.0. The Balaban J connectivity index is 7.67. The Morgan fingerprint density at radius 1 is 0.255 bits per heavy atom. The van der Waals surface area contributed by atoms with E-state index in [1.165, 1.54) is 0 Å². The van der Waals surface area contributed by atoms with Gasteiger partial charge in [-0.1, -0.05) is 0 Å². The van der Waals surface area contributed by atoms with E-state index in [-0.39, 0.29) is 0 Å². The molecule has 0 bridgehead atoms. The minimum atomic E-state index is -9.10. The number of rotatable bonds is 16. The molecule has 0 saturated heterocycles. The minimum absolute atomic E-state index is 0.984. The molecule has 2 unspecified atom stereocenters. The summed E-state index contributed by atoms with van der Waals surface area (Å²) in [4.78, 5) is 0. The first-order valence-corrected chi connectivity index (χ1v) is 11.0. The molecule has 0 heterocycles. The van der Waals surface area contributed by atoms with Crippen LogP contribution in [0, 0.1) is 0 Å². The highest BCUT2D eigenvalue weighted by atomic mass is 19.4. The van der Waals surface area contributed by atoms with Gasteiger partial charge in [-0.05, 0) is 0 Å². The molecule has 55 heavy (non-hydrogen) atoms. The van der Waals surface area contributed by atoms with Crippen LogP contribution in [0.5, 0.6) is 0 Å². The lowest BCUT2D eigenvalue weighted by Crippen LogP contribution is -2.71. The lowest BCUT2D eigenvalue weighted by atomic mass is 10.2. The molecule has 0 amide bonds. The van der Waals surface area contributed by atoms with Gasteiger partial charge in [0.2, 0.25) is 0 Å². The fourth-order valence-corrected chi connectivity index (χ4v) is 2.36. The first-order valence-electron chi connectivity index (χ1n) is 11.0. The zero-order valence-electron chi connectivity index (χ0n) is 23.0. The molecule has 0 rings (SSSR count). The predicted octanol–water partition coefficient (Wildman–Crippen LogP) is 11.0. The number of halogens is 32. The van der Waals surface area contributed by atoms with Crippen molar-refractivity contribution >= 4 is 0 Å². The van der Waals surface area contributed by atoms with Crippen molar-refractivity contribution in [3.63, 3.8) is 0 Å². The lowest BCUT2D eigenvalue weighted by Gasteiger charge is -2.43. The van der Waals surface area contributed by atoms with Crippen molar-refractivity contribution < 1.29 is 169 Å². The fraction of sp³-hybridized carbons (Fsp3) is 0.765. The summed E-state index contributed by atoms with van der Waals surface area (Å²) >= 11 is 0. The van der Waals surface area contributed by atoms with Gasteiger partial charge in [0, 0.05) is 0 Å². The van der Waals surface area contributed by atoms with Gasteiger partial charge < -0.3 is 9.47 Å². The van der Waals surface area contributed by atoms with Crippen LogP contribution in [-0.2, 0) is 28.4 Å². The van der Waals surface area contributed by atoms with Crippen LogP contribution < -0.4 is 0 Å². The van der Waals surface area contributed by atoms with Crippen molar-refractivity contribution in [3.8, 4) is 0 Å². The molecular weight excluding hydrogens is 908 g/mol. The second kappa shape index (κ2) is 14.6. The normalized spacial score (nSPS) is 17.3. The molecule has 0 spiro atoms. The van der Waals surface area contributed by atoms with E-state index < -0.39 is 103 Å². The van der Waals surface area contributed by atoms with Gasteiger partial charge >= 0.3 is 103 Å². The zero-order valence-corrected chi connectivity index (χ0v) is 23.0. The zero-order chi connectivity index (χ0) is 45.1. The van der Waals surface area contributed by atoms with E-state index in [2.05, 4.69) is 0 Å². The van der Waals surface area contributed by atoms with Gasteiger partial charge in [0.05, 0.1) is 0 Å². The largest absolute Gasteiger partial charge is 0.471 e. The molecule has 0 N–H and O–H groups in total. The maximum Gasteiger partial charge on any atom is 0.471 e. The van der Waals surface area contributed by atoms with E-state index in [1.54, 1.807) is 9.47 Å². The third-order valence-corrected chi connectivity index (χ3v) is 4.72. The summed E-state index contributed by atoms with van der Waals surface area (Å²) in [5.41, 5.74) is 0. The number of ether oxygens (including phenoxy) is 6. The highest BCUT2D eigenvalue weighted by molar-refractivity contribution is 4.97. The Hall–Kier alpha value is -3.32. The Morgan fingerprint density at radius 3 is 0.618 bits per heavy atom. The average molecular weight is 908 g/mol. The van der Waals surface area contributed by atoms with E-state index in [9.17, 15) is 140 Å². The van der Waals surface area contributed by atoms with Crippen LogP contribution >= 0.6 is 0 Å². The van der Waals surface area contributed by atoms with E-state index in [0.717, 1.165) is 18.9 Å². The SMILES string of the molecule is FC(F)=C(F)OC(F)(F)C(F)(OC(F)(F)C(F)(F)OC(OC(F)(F)C(F)(F)OC(F)(C(F)(F)F)C(F)(F)OC(F)=C(F)F)(C(F)(F)F)C(F)(F)F)C(F)(F)F. The third-order valence-electron chi connectivity index (χ3n) is 4.72. The highest BCUT2D eigenvalue weighted by Gasteiger charge is 2.88. The molecule has 0 aromatic carbocycles. The summed E-state index contributed by atoms with van der Waals surface area (Å²) in [5, 5.41) is 0. The maximum atomic E-state index is 14.0. The fourth-order valence-electron chi connectivity index (χ4n) is 2.36. The van der Waals surface area contributed by atoms with Crippen LogP contribution in [-0.4, -0.2) is 78.9 Å². The van der Waals surface area contributed by atoms with Gasteiger partial charge in [-0.25, -0.2) is 0 Å². The quantitative estimate of drug-likeness (QED) is 0.0874. The molecular formula is C17F32O6. The molecule has 0 aliphatic carbocycles. The van der Waals surface area contributed by atoms with Gasteiger partial charge in [-0.2, -0.15) is 140 Å². The summed E-state index contributed by atoms with van der Waals surface area (Å²) in [7, 11) is 0. The van der Waals surface area contributed by atoms with Gasteiger partial charge in [0.1, 0.15) is 0 Å². The molecule has 0 aliphatic heterocycles. The number of hydrogen-bond donors (Lipinski definition) is 0. The smallest absolute Gasteiger partial charge is 0.398 e. The molecule has 0 aromatic heterocycles. The van der Waals surface area contributed by atoms with E-state index >= 15 is 0 Å². The molecule has 0 saturated carbocycles. The first kappa shape index (κ1) is 51.7. The van der Waals surface area contributed by atoms with Crippen LogP contribution in [0.1, 0.15) is 0 Å².